The van der Waals surface area contributed by atoms with Gasteiger partial charge in [-0.3, -0.25) is 0 Å². The van der Waals surface area contributed by atoms with Gasteiger partial charge in [0.1, 0.15) is 0 Å². The van der Waals surface area contributed by atoms with Gasteiger partial charge < -0.3 is 5.73 Å². The van der Waals surface area contributed by atoms with Gasteiger partial charge >= 0.3 is 0 Å². The van der Waals surface area contributed by atoms with Crippen molar-refractivity contribution in [2.45, 2.75) is 6.42 Å². The van der Waals surface area contributed by atoms with E-state index in [1.165, 1.54) is 0 Å². The minimum absolute atomic E-state index is 0.696. The van der Waals surface area contributed by atoms with Crippen LogP contribution in [0.1, 0.15) is 11.1 Å². The fourth-order valence-corrected chi connectivity index (χ4v) is 1.46. The number of hydrogen-bond acceptors (Lipinski definition) is 1. The van der Waals surface area contributed by atoms with E-state index in [-0.39, 0.29) is 0 Å². The van der Waals surface area contributed by atoms with Gasteiger partial charge in [-0.25, -0.2) is 0 Å². The number of rotatable bonds is 1. The lowest BCUT2D eigenvalue weighted by Crippen LogP contribution is -1.91. The Hall–Kier alpha value is -2.20. The third-order valence-corrected chi connectivity index (χ3v) is 2.34. The lowest BCUT2D eigenvalue weighted by Gasteiger charge is -1.98. The van der Waals surface area contributed by atoms with E-state index >= 15 is 0 Å². The summed E-state index contributed by atoms with van der Waals surface area (Å²) in [6, 6.07) is 17.8. The molecule has 78 valence electrons. The maximum Gasteiger partial charge on any atom is 0.0364 e. The van der Waals surface area contributed by atoms with E-state index in [2.05, 4.69) is 11.8 Å². The van der Waals surface area contributed by atoms with E-state index in [4.69, 9.17) is 5.73 Å². The number of anilines is 1. The second-order valence-electron chi connectivity index (χ2n) is 3.54. The molecule has 0 amide bonds. The van der Waals surface area contributed by atoms with Crippen LogP contribution in [-0.4, -0.2) is 0 Å². The van der Waals surface area contributed by atoms with Gasteiger partial charge in [0.2, 0.25) is 0 Å². The summed E-state index contributed by atoms with van der Waals surface area (Å²) in [5, 5.41) is 0. The minimum atomic E-state index is 0.696. The second-order valence-corrected chi connectivity index (χ2v) is 3.54. The average molecular weight is 207 g/mol. The summed E-state index contributed by atoms with van der Waals surface area (Å²) in [7, 11) is 0. The van der Waals surface area contributed by atoms with Crippen LogP contribution in [0.5, 0.6) is 0 Å². The van der Waals surface area contributed by atoms with E-state index in [9.17, 15) is 0 Å². The Morgan fingerprint density at radius 1 is 0.875 bits per heavy atom. The molecular formula is C15H13N. The van der Waals surface area contributed by atoms with E-state index in [1.54, 1.807) is 0 Å². The van der Waals surface area contributed by atoms with Crippen LogP contribution in [0.25, 0.3) is 0 Å². The fourth-order valence-electron chi connectivity index (χ4n) is 1.46. The third-order valence-electron chi connectivity index (χ3n) is 2.34. The summed E-state index contributed by atoms with van der Waals surface area (Å²) in [5.41, 5.74) is 8.77. The van der Waals surface area contributed by atoms with Crippen molar-refractivity contribution >= 4 is 5.69 Å². The highest BCUT2D eigenvalue weighted by Crippen LogP contribution is 2.10. The lowest BCUT2D eigenvalue weighted by atomic mass is 10.1. The molecule has 0 aliphatic heterocycles. The van der Waals surface area contributed by atoms with Crippen molar-refractivity contribution in [2.24, 2.45) is 0 Å². The molecule has 0 aromatic heterocycles. The number of para-hydroxylation sites is 1. The molecule has 16 heavy (non-hydrogen) atoms. The first-order valence-corrected chi connectivity index (χ1v) is 5.23. The smallest absolute Gasteiger partial charge is 0.0364 e. The Bertz CT molecular complexity index is 518. The molecule has 2 rings (SSSR count). The van der Waals surface area contributed by atoms with Crippen LogP contribution in [0.4, 0.5) is 5.69 Å². The van der Waals surface area contributed by atoms with Crippen LogP contribution < -0.4 is 5.73 Å². The quantitative estimate of drug-likeness (QED) is 0.564. The Balaban J connectivity index is 2.09. The first-order valence-electron chi connectivity index (χ1n) is 5.23. The molecule has 2 aromatic rings. The first kappa shape index (κ1) is 10.3. The van der Waals surface area contributed by atoms with Crippen molar-refractivity contribution in [3.8, 4) is 11.8 Å². The van der Waals surface area contributed by atoms with Gasteiger partial charge in [0.15, 0.2) is 0 Å². The maximum atomic E-state index is 5.83. The number of nitrogens with two attached hydrogens (primary N) is 1. The molecule has 0 atom stereocenters. The van der Waals surface area contributed by atoms with Crippen molar-refractivity contribution < 1.29 is 0 Å². The second kappa shape index (κ2) is 5.04. The number of nitrogen functional groups attached to an aromatic ring is 1. The van der Waals surface area contributed by atoms with Gasteiger partial charge in [-0.1, -0.05) is 48.2 Å². The molecule has 0 heterocycles. The molecule has 0 spiro atoms. The predicted molar refractivity (Wildman–Crippen MR) is 67.9 cm³/mol. The molecule has 1 nitrogen and oxygen atoms in total. The molecule has 0 aliphatic carbocycles. The van der Waals surface area contributed by atoms with Gasteiger partial charge in [-0.15, -0.1) is 0 Å². The molecule has 1 heteroatoms. The molecule has 0 radical (unpaired) electrons. The Morgan fingerprint density at radius 2 is 1.56 bits per heavy atom. The summed E-state index contributed by atoms with van der Waals surface area (Å²) in [6.45, 7) is 0. The number of benzene rings is 2. The minimum Gasteiger partial charge on any atom is -0.398 e. The van der Waals surface area contributed by atoms with Crippen LogP contribution in [0, 0.1) is 11.8 Å². The largest absolute Gasteiger partial charge is 0.398 e. The normalized spacial score (nSPS) is 9.25. The molecular weight excluding hydrogens is 194 g/mol. The van der Waals surface area contributed by atoms with E-state index in [0.29, 0.717) is 6.42 Å². The Morgan fingerprint density at radius 3 is 2.31 bits per heavy atom. The van der Waals surface area contributed by atoms with Gasteiger partial charge in [-0.05, 0) is 23.8 Å². The highest BCUT2D eigenvalue weighted by molar-refractivity contribution is 5.48. The van der Waals surface area contributed by atoms with Crippen molar-refractivity contribution in [2.75, 3.05) is 5.73 Å². The number of hydrogen-bond donors (Lipinski definition) is 1. The van der Waals surface area contributed by atoms with Crippen molar-refractivity contribution in [1.82, 2.24) is 0 Å². The highest BCUT2D eigenvalue weighted by Gasteiger charge is 1.93. The lowest BCUT2D eigenvalue weighted by molar-refractivity contribution is 1.32. The fraction of sp³-hybridized carbons (Fsp3) is 0.0667. The molecule has 0 saturated carbocycles. The van der Waals surface area contributed by atoms with Crippen LogP contribution >= 0.6 is 0 Å². The van der Waals surface area contributed by atoms with Gasteiger partial charge in [-0.2, -0.15) is 0 Å². The zero-order valence-electron chi connectivity index (χ0n) is 8.98. The monoisotopic (exact) mass is 207 g/mol. The molecule has 0 fully saturated rings. The Labute approximate surface area is 95.9 Å². The van der Waals surface area contributed by atoms with Gasteiger partial charge in [0.05, 0.1) is 0 Å². The summed E-state index contributed by atoms with van der Waals surface area (Å²) in [5.74, 6) is 6.24. The average Bonchev–Trinajstić information content (AvgIpc) is 2.33. The molecule has 2 aromatic carbocycles. The van der Waals surface area contributed by atoms with Crippen molar-refractivity contribution in [3.05, 3.63) is 65.7 Å². The molecule has 2 N–H and O–H groups in total. The zero-order chi connectivity index (χ0) is 11.2. The van der Waals surface area contributed by atoms with Crippen LogP contribution in [-0.2, 0) is 6.42 Å². The zero-order valence-corrected chi connectivity index (χ0v) is 8.98. The third kappa shape index (κ3) is 2.65. The van der Waals surface area contributed by atoms with E-state index in [0.717, 1.165) is 16.8 Å². The molecule has 0 aliphatic rings. The summed E-state index contributed by atoms with van der Waals surface area (Å²) in [4.78, 5) is 0. The topological polar surface area (TPSA) is 26.0 Å². The maximum absolute atomic E-state index is 5.83. The summed E-state index contributed by atoms with van der Waals surface area (Å²) < 4.78 is 0. The van der Waals surface area contributed by atoms with Crippen molar-refractivity contribution in [1.29, 1.82) is 0 Å². The van der Waals surface area contributed by atoms with Gasteiger partial charge in [0, 0.05) is 17.7 Å². The standard InChI is InChI=1S/C15H13N/c16-15-12-5-4-10-14(15)11-6-9-13-7-2-1-3-8-13/h1-5,7-8,10,12H,11,16H2. The van der Waals surface area contributed by atoms with Gasteiger partial charge in [0.25, 0.3) is 0 Å². The van der Waals surface area contributed by atoms with Crippen LogP contribution in [0.3, 0.4) is 0 Å². The molecule has 0 saturated heterocycles. The predicted octanol–water partition coefficient (Wildman–Crippen LogP) is 2.86. The Kier molecular flexibility index (Phi) is 3.25. The van der Waals surface area contributed by atoms with Crippen molar-refractivity contribution in [3.63, 3.8) is 0 Å². The molecule has 0 bridgehead atoms. The first-order chi connectivity index (χ1) is 7.86. The van der Waals surface area contributed by atoms with E-state index < -0.39 is 0 Å². The van der Waals surface area contributed by atoms with Crippen LogP contribution in [0.15, 0.2) is 54.6 Å². The SMILES string of the molecule is Nc1ccccc1CC#Cc1ccccc1. The highest BCUT2D eigenvalue weighted by atomic mass is 14.5. The van der Waals surface area contributed by atoms with Crippen LogP contribution in [0.2, 0.25) is 0 Å². The molecule has 0 unspecified atom stereocenters. The summed E-state index contributed by atoms with van der Waals surface area (Å²) >= 11 is 0. The van der Waals surface area contributed by atoms with E-state index in [1.807, 2.05) is 54.6 Å². The summed E-state index contributed by atoms with van der Waals surface area (Å²) in [6.07, 6.45) is 0.696.